The van der Waals surface area contributed by atoms with E-state index in [0.29, 0.717) is 5.69 Å². The number of rotatable bonds is 3. The van der Waals surface area contributed by atoms with Crippen LogP contribution in [0.1, 0.15) is 13.3 Å². The Bertz CT molecular complexity index is 387. The van der Waals surface area contributed by atoms with Crippen LogP contribution in [-0.4, -0.2) is 11.9 Å². The highest BCUT2D eigenvalue weighted by Gasteiger charge is 2.16. The van der Waals surface area contributed by atoms with Gasteiger partial charge in [0, 0.05) is 6.42 Å². The Labute approximate surface area is 94.1 Å². The Balaban J connectivity index is 2.92. The van der Waals surface area contributed by atoms with Crippen LogP contribution in [0, 0.1) is 0 Å². The molecule has 1 aromatic carbocycles. The summed E-state index contributed by atoms with van der Waals surface area (Å²) < 4.78 is 0. The highest BCUT2D eigenvalue weighted by atomic mass is 16.7. The lowest BCUT2D eigenvalue weighted by atomic mass is 10.3. The number of carbonyl (C=O) groups excluding carboxylic acids is 2. The van der Waals surface area contributed by atoms with Crippen molar-refractivity contribution >= 4 is 17.6 Å². The zero-order valence-corrected chi connectivity index (χ0v) is 9.05. The molecule has 0 radical (unpaired) electrons. The van der Waals surface area contributed by atoms with Crippen molar-refractivity contribution < 1.29 is 14.4 Å². The van der Waals surface area contributed by atoms with Crippen LogP contribution in [0.25, 0.3) is 0 Å². The van der Waals surface area contributed by atoms with E-state index in [-0.39, 0.29) is 6.42 Å². The lowest BCUT2D eigenvalue weighted by molar-refractivity contribution is -0.149. The molecule has 0 atom stereocenters. The summed E-state index contributed by atoms with van der Waals surface area (Å²) in [5.41, 5.74) is 0.495. The fourth-order valence-corrected chi connectivity index (χ4v) is 1.04. The summed E-state index contributed by atoms with van der Waals surface area (Å²) in [6, 6.07) is 8.65. The van der Waals surface area contributed by atoms with Crippen molar-refractivity contribution in [3.63, 3.8) is 0 Å². The number of para-hydroxylation sites is 1. The molecule has 0 saturated carbocycles. The smallest absolute Gasteiger partial charge is 0.332 e. The Hall–Kier alpha value is -2.10. The second kappa shape index (κ2) is 5.70. The van der Waals surface area contributed by atoms with Crippen molar-refractivity contribution in [2.75, 3.05) is 5.06 Å². The first-order valence-corrected chi connectivity index (χ1v) is 4.91. The molecule has 1 amide bonds. The molecular formula is C12H13NO3. The topological polar surface area (TPSA) is 46.6 Å². The quantitative estimate of drug-likeness (QED) is 0.577. The largest absolute Gasteiger partial charge is 0.333 e. The van der Waals surface area contributed by atoms with Gasteiger partial charge in [0.05, 0.1) is 5.69 Å². The minimum Gasteiger partial charge on any atom is -0.333 e. The van der Waals surface area contributed by atoms with Gasteiger partial charge in [-0.05, 0) is 18.2 Å². The molecule has 0 fully saturated rings. The maximum Gasteiger partial charge on any atom is 0.332 e. The molecule has 0 aliphatic heterocycles. The van der Waals surface area contributed by atoms with Crippen molar-refractivity contribution in [1.82, 2.24) is 0 Å². The second-order valence-electron chi connectivity index (χ2n) is 2.99. The Morgan fingerprint density at radius 2 is 2.00 bits per heavy atom. The molecular weight excluding hydrogens is 206 g/mol. The Morgan fingerprint density at radius 1 is 1.38 bits per heavy atom. The molecule has 1 rings (SSSR count). The van der Waals surface area contributed by atoms with Gasteiger partial charge in [-0.25, -0.2) is 4.79 Å². The highest BCUT2D eigenvalue weighted by Crippen LogP contribution is 2.14. The molecule has 0 aromatic heterocycles. The number of anilines is 1. The first-order valence-electron chi connectivity index (χ1n) is 4.91. The third-order valence-electron chi connectivity index (χ3n) is 1.85. The highest BCUT2D eigenvalue weighted by molar-refractivity contribution is 6.00. The van der Waals surface area contributed by atoms with Gasteiger partial charge in [-0.2, -0.15) is 0 Å². The number of amides is 1. The average molecular weight is 219 g/mol. The van der Waals surface area contributed by atoms with Crippen LogP contribution in [0.5, 0.6) is 0 Å². The van der Waals surface area contributed by atoms with E-state index >= 15 is 0 Å². The van der Waals surface area contributed by atoms with Crippen molar-refractivity contribution in [3.8, 4) is 0 Å². The molecule has 1 aromatic rings. The number of carbonyl (C=O) groups is 2. The summed E-state index contributed by atoms with van der Waals surface area (Å²) in [6.45, 7) is 5.01. The van der Waals surface area contributed by atoms with Gasteiger partial charge in [-0.15, -0.1) is 5.06 Å². The van der Waals surface area contributed by atoms with Crippen molar-refractivity contribution in [3.05, 3.63) is 43.0 Å². The number of nitrogens with zero attached hydrogens (tertiary/aromatic N) is 1. The molecule has 0 aliphatic carbocycles. The van der Waals surface area contributed by atoms with E-state index in [4.69, 9.17) is 4.84 Å². The van der Waals surface area contributed by atoms with Gasteiger partial charge in [0.25, 0.3) is 5.91 Å². The number of hydroxylamine groups is 1. The predicted molar refractivity (Wildman–Crippen MR) is 60.5 cm³/mol. The van der Waals surface area contributed by atoms with Crippen molar-refractivity contribution in [2.45, 2.75) is 13.3 Å². The maximum absolute atomic E-state index is 11.5. The van der Waals surface area contributed by atoms with E-state index in [1.165, 1.54) is 0 Å². The van der Waals surface area contributed by atoms with E-state index in [1.807, 2.05) is 6.07 Å². The molecule has 0 saturated heterocycles. The third-order valence-corrected chi connectivity index (χ3v) is 1.85. The monoisotopic (exact) mass is 219 g/mol. The molecule has 84 valence electrons. The van der Waals surface area contributed by atoms with Gasteiger partial charge in [0.15, 0.2) is 0 Å². The molecule has 16 heavy (non-hydrogen) atoms. The van der Waals surface area contributed by atoms with Gasteiger partial charge in [0.2, 0.25) is 0 Å². The van der Waals surface area contributed by atoms with Crippen LogP contribution >= 0.6 is 0 Å². The average Bonchev–Trinajstić information content (AvgIpc) is 2.35. The minimum absolute atomic E-state index is 0.202. The van der Waals surface area contributed by atoms with Crippen molar-refractivity contribution in [2.24, 2.45) is 0 Å². The van der Waals surface area contributed by atoms with Gasteiger partial charge < -0.3 is 4.84 Å². The molecule has 4 heteroatoms. The standard InChI is InChI=1S/C12H13NO3/c1-3-11(14)13(16-12(15)4-2)10-8-6-5-7-9-10/h3,5-9H,1,4H2,2H3. The summed E-state index contributed by atoms with van der Waals surface area (Å²) >= 11 is 0. The summed E-state index contributed by atoms with van der Waals surface area (Å²) in [4.78, 5) is 27.6. The normalized spacial score (nSPS) is 9.31. The number of hydrogen-bond donors (Lipinski definition) is 0. The first kappa shape index (κ1) is 12.0. The maximum atomic E-state index is 11.5. The summed E-state index contributed by atoms with van der Waals surface area (Å²) in [6.07, 6.45) is 1.30. The van der Waals surface area contributed by atoms with Crippen LogP contribution in [0.15, 0.2) is 43.0 Å². The molecule has 0 unspecified atom stereocenters. The van der Waals surface area contributed by atoms with Gasteiger partial charge in [0.1, 0.15) is 0 Å². The number of hydrogen-bond acceptors (Lipinski definition) is 3. The fourth-order valence-electron chi connectivity index (χ4n) is 1.04. The molecule has 0 bridgehead atoms. The van der Waals surface area contributed by atoms with Gasteiger partial charge in [-0.1, -0.05) is 31.7 Å². The molecule has 0 spiro atoms. The fraction of sp³-hybridized carbons (Fsp3) is 0.167. The van der Waals surface area contributed by atoms with Crippen molar-refractivity contribution in [1.29, 1.82) is 0 Å². The van der Waals surface area contributed by atoms with E-state index in [0.717, 1.165) is 11.1 Å². The first-order chi connectivity index (χ1) is 7.69. The lowest BCUT2D eigenvalue weighted by Crippen LogP contribution is -2.31. The van der Waals surface area contributed by atoms with Crippen LogP contribution < -0.4 is 5.06 Å². The minimum atomic E-state index is -0.479. The van der Waals surface area contributed by atoms with E-state index in [1.54, 1.807) is 31.2 Å². The van der Waals surface area contributed by atoms with Crippen LogP contribution in [0.2, 0.25) is 0 Å². The zero-order chi connectivity index (χ0) is 12.0. The molecule has 4 nitrogen and oxygen atoms in total. The predicted octanol–water partition coefficient (Wildman–Crippen LogP) is 2.07. The van der Waals surface area contributed by atoms with E-state index in [9.17, 15) is 9.59 Å². The zero-order valence-electron chi connectivity index (χ0n) is 9.05. The lowest BCUT2D eigenvalue weighted by Gasteiger charge is -2.19. The van der Waals surface area contributed by atoms with Crippen LogP contribution in [0.4, 0.5) is 5.69 Å². The van der Waals surface area contributed by atoms with Gasteiger partial charge in [-0.3, -0.25) is 4.79 Å². The molecule has 0 N–H and O–H groups in total. The third kappa shape index (κ3) is 2.95. The second-order valence-corrected chi connectivity index (χ2v) is 2.99. The van der Waals surface area contributed by atoms with Crippen LogP contribution in [0.3, 0.4) is 0 Å². The molecule has 0 heterocycles. The van der Waals surface area contributed by atoms with E-state index < -0.39 is 11.9 Å². The summed E-state index contributed by atoms with van der Waals surface area (Å²) in [7, 11) is 0. The Kier molecular flexibility index (Phi) is 4.27. The van der Waals surface area contributed by atoms with Gasteiger partial charge >= 0.3 is 5.97 Å². The Morgan fingerprint density at radius 3 is 2.50 bits per heavy atom. The summed E-state index contributed by atoms with van der Waals surface area (Å²) in [5.74, 6) is -0.952. The number of benzene rings is 1. The SMILES string of the molecule is C=CC(=O)N(OC(=O)CC)c1ccccc1. The summed E-state index contributed by atoms with van der Waals surface area (Å²) in [5, 5.41) is 0.929. The van der Waals surface area contributed by atoms with Crippen LogP contribution in [-0.2, 0) is 14.4 Å². The molecule has 0 aliphatic rings. The van der Waals surface area contributed by atoms with E-state index in [2.05, 4.69) is 6.58 Å².